The molecule has 1 aromatic heterocycles. The van der Waals surface area contributed by atoms with Crippen LogP contribution >= 0.6 is 11.3 Å². The number of sulfone groups is 1. The second-order valence-corrected chi connectivity index (χ2v) is 10.6. The van der Waals surface area contributed by atoms with Crippen molar-refractivity contribution >= 4 is 36.3 Å². The molecule has 0 radical (unpaired) electrons. The number of halogens is 1. The standard InChI is InChI=1S/C17H15FN2O4S3/c1-26(21,22)14-9-5-11(6-10-14)15-16(12-3-7-13(18)8-4-12)25-17(19-15)20-27(2,23)24/h3-10H,1-2H3,(H,19,20). The average Bonchev–Trinajstić information content (AvgIpc) is 2.96. The van der Waals surface area contributed by atoms with Gasteiger partial charge in [-0.25, -0.2) is 26.2 Å². The maximum atomic E-state index is 13.2. The Hall–Kier alpha value is -2.30. The Labute approximate surface area is 160 Å². The van der Waals surface area contributed by atoms with Crippen LogP contribution < -0.4 is 4.72 Å². The van der Waals surface area contributed by atoms with Gasteiger partial charge in [0.05, 0.1) is 21.7 Å². The van der Waals surface area contributed by atoms with Crippen molar-refractivity contribution in [3.8, 4) is 21.7 Å². The zero-order chi connectivity index (χ0) is 19.8. The molecule has 0 aliphatic carbocycles. The summed E-state index contributed by atoms with van der Waals surface area (Å²) in [5.41, 5.74) is 1.75. The molecule has 1 N–H and O–H groups in total. The molecule has 0 aliphatic heterocycles. The molecule has 0 atom stereocenters. The van der Waals surface area contributed by atoms with Crippen LogP contribution in [0.1, 0.15) is 0 Å². The Kier molecular flexibility index (Phi) is 5.06. The lowest BCUT2D eigenvalue weighted by molar-refractivity contribution is 0.601. The van der Waals surface area contributed by atoms with Gasteiger partial charge in [0.1, 0.15) is 5.82 Å². The lowest BCUT2D eigenvalue weighted by Crippen LogP contribution is -2.09. The number of anilines is 1. The third-order valence-corrected chi connectivity index (χ3v) is 6.40. The molecule has 0 amide bonds. The number of sulfonamides is 1. The zero-order valence-corrected chi connectivity index (χ0v) is 16.8. The summed E-state index contributed by atoms with van der Waals surface area (Å²) in [6.45, 7) is 0. The molecule has 0 spiro atoms. The molecule has 0 aliphatic rings. The van der Waals surface area contributed by atoms with Gasteiger partial charge in [-0.15, -0.1) is 0 Å². The van der Waals surface area contributed by atoms with Gasteiger partial charge in [0.25, 0.3) is 0 Å². The number of benzene rings is 2. The third-order valence-electron chi connectivity index (χ3n) is 3.56. The van der Waals surface area contributed by atoms with Crippen molar-refractivity contribution in [2.75, 3.05) is 17.2 Å². The molecule has 0 bridgehead atoms. The summed E-state index contributed by atoms with van der Waals surface area (Å²) in [5.74, 6) is -0.392. The number of thiazole rings is 1. The highest BCUT2D eigenvalue weighted by Gasteiger charge is 2.18. The maximum absolute atomic E-state index is 13.2. The normalized spacial score (nSPS) is 12.1. The number of nitrogens with zero attached hydrogens (tertiary/aromatic N) is 1. The fraction of sp³-hybridized carbons (Fsp3) is 0.118. The molecule has 3 rings (SSSR count). The van der Waals surface area contributed by atoms with E-state index in [1.165, 1.54) is 24.3 Å². The van der Waals surface area contributed by atoms with Gasteiger partial charge in [0.15, 0.2) is 15.0 Å². The van der Waals surface area contributed by atoms with E-state index in [1.54, 1.807) is 24.3 Å². The highest BCUT2D eigenvalue weighted by molar-refractivity contribution is 7.92. The van der Waals surface area contributed by atoms with Gasteiger partial charge in [-0.05, 0) is 29.8 Å². The van der Waals surface area contributed by atoms with Crippen LogP contribution in [-0.2, 0) is 19.9 Å². The Morgan fingerprint density at radius 3 is 1.96 bits per heavy atom. The van der Waals surface area contributed by atoms with Crippen molar-refractivity contribution < 1.29 is 21.2 Å². The van der Waals surface area contributed by atoms with E-state index in [-0.39, 0.29) is 10.0 Å². The first kappa shape index (κ1) is 19.5. The number of aromatic nitrogens is 1. The topological polar surface area (TPSA) is 93.2 Å². The zero-order valence-electron chi connectivity index (χ0n) is 14.3. The largest absolute Gasteiger partial charge is 0.259 e. The molecule has 27 heavy (non-hydrogen) atoms. The van der Waals surface area contributed by atoms with Crippen LogP contribution in [0.4, 0.5) is 9.52 Å². The van der Waals surface area contributed by atoms with Crippen LogP contribution in [0, 0.1) is 5.82 Å². The lowest BCUT2D eigenvalue weighted by atomic mass is 10.1. The van der Waals surface area contributed by atoms with E-state index < -0.39 is 25.7 Å². The van der Waals surface area contributed by atoms with Crippen LogP contribution in [0.5, 0.6) is 0 Å². The summed E-state index contributed by atoms with van der Waals surface area (Å²) in [6.07, 6.45) is 2.13. The molecule has 3 aromatic rings. The first-order valence-corrected chi connectivity index (χ1v) is 12.2. The molecule has 0 unspecified atom stereocenters. The van der Waals surface area contributed by atoms with Gasteiger partial charge in [-0.1, -0.05) is 35.6 Å². The van der Waals surface area contributed by atoms with Crippen molar-refractivity contribution in [2.45, 2.75) is 4.90 Å². The molecule has 0 fully saturated rings. The van der Waals surface area contributed by atoms with Crippen LogP contribution in [0.2, 0.25) is 0 Å². The van der Waals surface area contributed by atoms with Gasteiger partial charge in [-0.3, -0.25) is 4.72 Å². The number of rotatable bonds is 5. The molecule has 6 nitrogen and oxygen atoms in total. The number of hydrogen-bond acceptors (Lipinski definition) is 6. The summed E-state index contributed by atoms with van der Waals surface area (Å²) < 4.78 is 61.9. The summed E-state index contributed by atoms with van der Waals surface area (Å²) >= 11 is 1.11. The highest BCUT2D eigenvalue weighted by atomic mass is 32.2. The quantitative estimate of drug-likeness (QED) is 0.675. The Balaban J connectivity index is 2.13. The predicted octanol–water partition coefficient (Wildman–Crippen LogP) is 3.39. The van der Waals surface area contributed by atoms with E-state index in [0.29, 0.717) is 21.7 Å². The van der Waals surface area contributed by atoms with Crippen LogP contribution in [-0.4, -0.2) is 34.3 Å². The van der Waals surface area contributed by atoms with Crippen molar-refractivity contribution in [3.63, 3.8) is 0 Å². The van der Waals surface area contributed by atoms with Crippen LogP contribution in [0.25, 0.3) is 21.7 Å². The predicted molar refractivity (Wildman–Crippen MR) is 105 cm³/mol. The van der Waals surface area contributed by atoms with E-state index >= 15 is 0 Å². The smallest absolute Gasteiger partial charge is 0.231 e. The Morgan fingerprint density at radius 2 is 1.44 bits per heavy atom. The van der Waals surface area contributed by atoms with Crippen molar-refractivity contribution in [3.05, 3.63) is 54.3 Å². The SMILES string of the molecule is CS(=O)(=O)Nc1nc(-c2ccc(S(C)(=O)=O)cc2)c(-c2ccc(F)cc2)s1. The van der Waals surface area contributed by atoms with E-state index in [1.807, 2.05) is 0 Å². The van der Waals surface area contributed by atoms with Crippen molar-refractivity contribution in [1.29, 1.82) is 0 Å². The summed E-state index contributed by atoms with van der Waals surface area (Å²) in [5, 5.41) is 0.166. The number of hydrogen-bond donors (Lipinski definition) is 1. The molecule has 0 saturated carbocycles. The molecule has 142 valence electrons. The first-order chi connectivity index (χ1) is 12.5. The van der Waals surface area contributed by atoms with E-state index in [9.17, 15) is 21.2 Å². The van der Waals surface area contributed by atoms with E-state index in [4.69, 9.17) is 0 Å². The minimum absolute atomic E-state index is 0.166. The lowest BCUT2D eigenvalue weighted by Gasteiger charge is -2.04. The van der Waals surface area contributed by atoms with Gasteiger partial charge in [-0.2, -0.15) is 0 Å². The first-order valence-electron chi connectivity index (χ1n) is 7.58. The second kappa shape index (κ2) is 7.02. The third kappa shape index (κ3) is 4.71. The van der Waals surface area contributed by atoms with Gasteiger partial charge >= 0.3 is 0 Å². The summed E-state index contributed by atoms with van der Waals surface area (Å²) in [6, 6.07) is 11.9. The molecular weight excluding hydrogens is 411 g/mol. The molecule has 10 heteroatoms. The van der Waals surface area contributed by atoms with Crippen molar-refractivity contribution in [2.24, 2.45) is 0 Å². The minimum atomic E-state index is -3.52. The van der Waals surface area contributed by atoms with Gasteiger partial charge in [0, 0.05) is 11.8 Å². The fourth-order valence-electron chi connectivity index (χ4n) is 2.37. The average molecular weight is 427 g/mol. The Bertz CT molecular complexity index is 1180. The number of nitrogens with one attached hydrogen (secondary N) is 1. The van der Waals surface area contributed by atoms with Crippen LogP contribution in [0.15, 0.2) is 53.4 Å². The van der Waals surface area contributed by atoms with Gasteiger partial charge in [0.2, 0.25) is 10.0 Å². The molecular formula is C17H15FN2O4S3. The molecule has 0 saturated heterocycles. The summed E-state index contributed by atoms with van der Waals surface area (Å²) in [7, 11) is -6.86. The van der Waals surface area contributed by atoms with Crippen molar-refractivity contribution in [1.82, 2.24) is 4.98 Å². The van der Waals surface area contributed by atoms with E-state index in [2.05, 4.69) is 9.71 Å². The Morgan fingerprint density at radius 1 is 0.889 bits per heavy atom. The minimum Gasteiger partial charge on any atom is -0.259 e. The van der Waals surface area contributed by atoms with E-state index in [0.717, 1.165) is 23.8 Å². The second-order valence-electron chi connectivity index (χ2n) is 5.87. The highest BCUT2D eigenvalue weighted by Crippen LogP contribution is 2.39. The fourth-order valence-corrected chi connectivity index (χ4v) is 4.83. The summed E-state index contributed by atoms with van der Waals surface area (Å²) in [4.78, 5) is 5.14. The molecule has 1 heterocycles. The maximum Gasteiger partial charge on any atom is 0.231 e. The van der Waals surface area contributed by atoms with Crippen LogP contribution in [0.3, 0.4) is 0 Å². The molecule has 2 aromatic carbocycles. The monoisotopic (exact) mass is 426 g/mol. The van der Waals surface area contributed by atoms with Gasteiger partial charge < -0.3 is 0 Å².